The molecule has 0 spiro atoms. The molecule has 1 aromatic carbocycles. The minimum Gasteiger partial charge on any atom is -0.326 e. The van der Waals surface area contributed by atoms with E-state index in [-0.39, 0.29) is 18.1 Å². The summed E-state index contributed by atoms with van der Waals surface area (Å²) < 4.78 is 24.5. The minimum absolute atomic E-state index is 0.107. The van der Waals surface area contributed by atoms with E-state index in [9.17, 15) is 13.2 Å². The molecule has 0 saturated carbocycles. The highest BCUT2D eigenvalue weighted by molar-refractivity contribution is 7.94. The Hall–Kier alpha value is -2.41. The average molecular weight is 333 g/mol. The van der Waals surface area contributed by atoms with Crippen LogP contribution in [0, 0.1) is 6.92 Å². The first-order valence-corrected chi connectivity index (χ1v) is 8.78. The Balaban J connectivity index is 2.15. The van der Waals surface area contributed by atoms with Crippen LogP contribution >= 0.6 is 0 Å². The molecule has 0 unspecified atom stereocenters. The van der Waals surface area contributed by atoms with E-state index in [4.69, 9.17) is 0 Å². The molecule has 23 heavy (non-hydrogen) atoms. The number of carbonyl (C=O) groups excluding carboxylic acids is 1. The molecule has 0 aliphatic rings. The zero-order valence-corrected chi connectivity index (χ0v) is 13.9. The van der Waals surface area contributed by atoms with E-state index in [0.717, 1.165) is 22.2 Å². The third-order valence-corrected chi connectivity index (χ3v) is 4.78. The lowest BCUT2D eigenvalue weighted by molar-refractivity contribution is -0.115. The number of aromatic nitrogens is 2. The third-order valence-electron chi connectivity index (χ3n) is 3.50. The van der Waals surface area contributed by atoms with Crippen molar-refractivity contribution in [1.29, 1.82) is 0 Å². The van der Waals surface area contributed by atoms with E-state index in [2.05, 4.69) is 17.0 Å². The summed E-state index contributed by atoms with van der Waals surface area (Å²) in [5.41, 5.74) is 3.40. The summed E-state index contributed by atoms with van der Waals surface area (Å²) in [6.07, 6.45) is 1.59. The Kier molecular flexibility index (Phi) is 5.00. The molecule has 0 radical (unpaired) electrons. The van der Waals surface area contributed by atoms with Gasteiger partial charge in [-0.25, -0.2) is 8.42 Å². The van der Waals surface area contributed by atoms with Crippen LogP contribution in [0.15, 0.2) is 42.4 Å². The first kappa shape index (κ1) is 17.0. The maximum absolute atomic E-state index is 12.0. The van der Waals surface area contributed by atoms with Gasteiger partial charge in [-0.3, -0.25) is 9.48 Å². The summed E-state index contributed by atoms with van der Waals surface area (Å²) >= 11 is 0. The number of rotatable bonds is 6. The van der Waals surface area contributed by atoms with Crippen molar-refractivity contribution in [1.82, 2.24) is 9.78 Å². The summed E-state index contributed by atoms with van der Waals surface area (Å²) in [6, 6.07) is 7.59. The average Bonchev–Trinajstić information content (AvgIpc) is 2.94. The van der Waals surface area contributed by atoms with Crippen LogP contribution < -0.4 is 5.32 Å². The first-order valence-electron chi connectivity index (χ1n) is 7.06. The van der Waals surface area contributed by atoms with Gasteiger partial charge in [-0.1, -0.05) is 18.7 Å². The summed E-state index contributed by atoms with van der Waals surface area (Å²) in [6.45, 7) is 5.11. The number of benzene rings is 1. The lowest BCUT2D eigenvalue weighted by Gasteiger charge is -2.11. The molecule has 0 saturated heterocycles. The fourth-order valence-corrected chi connectivity index (χ4v) is 2.74. The van der Waals surface area contributed by atoms with Crippen molar-refractivity contribution in [3.05, 3.63) is 48.0 Å². The SMILES string of the molecule is C=CS(=O)(=O)CCC(=O)Nc1cc(-c2ccnn2C)ccc1C. The molecule has 0 fully saturated rings. The van der Waals surface area contributed by atoms with Gasteiger partial charge in [0.05, 0.1) is 11.4 Å². The smallest absolute Gasteiger partial charge is 0.225 e. The highest BCUT2D eigenvalue weighted by Gasteiger charge is 2.12. The maximum atomic E-state index is 12.0. The van der Waals surface area contributed by atoms with Crippen molar-refractivity contribution >= 4 is 21.4 Å². The maximum Gasteiger partial charge on any atom is 0.225 e. The molecule has 0 aliphatic heterocycles. The lowest BCUT2D eigenvalue weighted by Crippen LogP contribution is -2.16. The molecule has 2 rings (SSSR count). The van der Waals surface area contributed by atoms with E-state index in [1.165, 1.54) is 0 Å². The van der Waals surface area contributed by atoms with Crippen LogP contribution in [0.25, 0.3) is 11.3 Å². The molecule has 1 aromatic heterocycles. The van der Waals surface area contributed by atoms with Gasteiger partial charge in [0.2, 0.25) is 5.91 Å². The van der Waals surface area contributed by atoms with Crippen molar-refractivity contribution in [2.24, 2.45) is 7.05 Å². The number of hydrogen-bond donors (Lipinski definition) is 1. The van der Waals surface area contributed by atoms with Gasteiger partial charge in [-0.15, -0.1) is 0 Å². The molecule has 7 heteroatoms. The van der Waals surface area contributed by atoms with Crippen molar-refractivity contribution in [3.8, 4) is 11.3 Å². The molecule has 1 heterocycles. The molecular weight excluding hydrogens is 314 g/mol. The van der Waals surface area contributed by atoms with Crippen molar-refractivity contribution in [2.45, 2.75) is 13.3 Å². The molecule has 2 aromatic rings. The Morgan fingerprint density at radius 1 is 1.39 bits per heavy atom. The first-order chi connectivity index (χ1) is 10.8. The summed E-state index contributed by atoms with van der Waals surface area (Å²) in [4.78, 5) is 12.0. The predicted octanol–water partition coefficient (Wildman–Crippen LogP) is 2.28. The van der Waals surface area contributed by atoms with Crippen molar-refractivity contribution in [2.75, 3.05) is 11.1 Å². The summed E-state index contributed by atoms with van der Waals surface area (Å²) in [7, 11) is -1.53. The van der Waals surface area contributed by atoms with Gasteiger partial charge in [-0.05, 0) is 24.6 Å². The van der Waals surface area contributed by atoms with E-state index < -0.39 is 9.84 Å². The van der Waals surface area contributed by atoms with Gasteiger partial charge in [0.1, 0.15) is 0 Å². The third kappa shape index (κ3) is 4.29. The lowest BCUT2D eigenvalue weighted by atomic mass is 10.1. The fourth-order valence-electron chi connectivity index (χ4n) is 2.10. The largest absolute Gasteiger partial charge is 0.326 e. The van der Waals surface area contributed by atoms with Gasteiger partial charge in [-0.2, -0.15) is 5.10 Å². The topological polar surface area (TPSA) is 81.1 Å². The minimum atomic E-state index is -3.37. The second-order valence-electron chi connectivity index (χ2n) is 5.20. The summed E-state index contributed by atoms with van der Waals surface area (Å²) in [5, 5.41) is 7.76. The number of aryl methyl sites for hydroxylation is 2. The zero-order valence-electron chi connectivity index (χ0n) is 13.1. The number of amides is 1. The van der Waals surface area contributed by atoms with Gasteiger partial charge >= 0.3 is 0 Å². The van der Waals surface area contributed by atoms with Gasteiger partial charge in [0.25, 0.3) is 0 Å². The quantitative estimate of drug-likeness (QED) is 0.879. The zero-order chi connectivity index (χ0) is 17.0. The van der Waals surface area contributed by atoms with Crippen molar-refractivity contribution < 1.29 is 13.2 Å². The normalized spacial score (nSPS) is 11.2. The number of nitrogens with zero attached hydrogens (tertiary/aromatic N) is 2. The highest BCUT2D eigenvalue weighted by Crippen LogP contribution is 2.25. The van der Waals surface area contributed by atoms with E-state index >= 15 is 0 Å². The monoisotopic (exact) mass is 333 g/mol. The molecule has 0 bridgehead atoms. The van der Waals surface area contributed by atoms with E-state index in [0.29, 0.717) is 5.69 Å². The van der Waals surface area contributed by atoms with Crippen molar-refractivity contribution in [3.63, 3.8) is 0 Å². The molecule has 1 amide bonds. The van der Waals surface area contributed by atoms with Crippen LogP contribution in [-0.2, 0) is 21.7 Å². The van der Waals surface area contributed by atoms with E-state index in [1.807, 2.05) is 38.2 Å². The van der Waals surface area contributed by atoms with E-state index in [1.54, 1.807) is 10.9 Å². The Morgan fingerprint density at radius 3 is 2.74 bits per heavy atom. The second-order valence-corrected chi connectivity index (χ2v) is 7.27. The van der Waals surface area contributed by atoms with Gasteiger partial charge in [0.15, 0.2) is 9.84 Å². The fraction of sp³-hybridized carbons (Fsp3) is 0.250. The van der Waals surface area contributed by atoms with Crippen LogP contribution in [0.4, 0.5) is 5.69 Å². The van der Waals surface area contributed by atoms with Crippen LogP contribution in [0.1, 0.15) is 12.0 Å². The molecule has 0 atom stereocenters. The Labute approximate surface area is 135 Å². The highest BCUT2D eigenvalue weighted by atomic mass is 32.2. The molecule has 6 nitrogen and oxygen atoms in total. The number of nitrogens with one attached hydrogen (secondary N) is 1. The van der Waals surface area contributed by atoms with Crippen LogP contribution in [0.5, 0.6) is 0 Å². The van der Waals surface area contributed by atoms with Crippen LogP contribution in [0.3, 0.4) is 0 Å². The van der Waals surface area contributed by atoms with Crippen LogP contribution in [0.2, 0.25) is 0 Å². The number of anilines is 1. The van der Waals surface area contributed by atoms with Gasteiger partial charge in [0, 0.05) is 36.3 Å². The molecule has 1 N–H and O–H groups in total. The number of hydrogen-bond acceptors (Lipinski definition) is 4. The number of carbonyl (C=O) groups is 1. The molecule has 0 aliphatic carbocycles. The second kappa shape index (κ2) is 6.78. The Bertz CT molecular complexity index is 838. The molecular formula is C16H19N3O3S. The number of sulfone groups is 1. The van der Waals surface area contributed by atoms with Crippen LogP contribution in [-0.4, -0.2) is 29.9 Å². The standard InChI is InChI=1S/C16H19N3O3S/c1-4-23(21,22)10-8-16(20)18-14-11-13(6-5-12(14)2)15-7-9-17-19(15)3/h4-7,9,11H,1,8,10H2,2-3H3,(H,18,20). The van der Waals surface area contributed by atoms with Gasteiger partial charge < -0.3 is 5.32 Å². The Morgan fingerprint density at radius 2 is 2.13 bits per heavy atom. The predicted molar refractivity (Wildman–Crippen MR) is 90.6 cm³/mol. The summed E-state index contributed by atoms with van der Waals surface area (Å²) in [5.74, 6) is -0.594. The molecule has 122 valence electrons.